The average Bonchev–Trinajstić information content (AvgIpc) is 3.21. The Hall–Kier alpha value is -2.83. The van der Waals surface area contributed by atoms with Crippen LogP contribution < -0.4 is 10.1 Å². The number of pyridine rings is 1. The fourth-order valence-electron chi connectivity index (χ4n) is 4.74. The molecule has 4 aromatic rings. The van der Waals surface area contributed by atoms with Crippen LogP contribution >= 0.6 is 22.9 Å². The van der Waals surface area contributed by atoms with Crippen LogP contribution in [0.1, 0.15) is 42.9 Å². The lowest BCUT2D eigenvalue weighted by molar-refractivity contribution is -0.142. The number of fused-ring (bicyclic) bond motifs is 3. The minimum atomic E-state index is -0.679. The van der Waals surface area contributed by atoms with Crippen molar-refractivity contribution in [3.05, 3.63) is 64.8 Å². The summed E-state index contributed by atoms with van der Waals surface area (Å²) in [6.07, 6.45) is 3.13. The van der Waals surface area contributed by atoms with E-state index in [0.717, 1.165) is 40.0 Å². The van der Waals surface area contributed by atoms with Crippen molar-refractivity contribution < 1.29 is 14.6 Å². The van der Waals surface area contributed by atoms with Crippen LogP contribution in [0.5, 0.6) is 5.75 Å². The standard InChI is InChI=1S/C26H25ClN2O3S/c1-32-22-11-6-15(12-19(22)27)14-28-21-13-20(16-7-9-17(10-8-16)26(30)31)29-25-24(21)18-4-2-3-5-23(18)33-25/h2-6,11-13,16-17H,7-10,14H2,1H3,(H,28,29)(H,30,31). The van der Waals surface area contributed by atoms with Gasteiger partial charge in [0.15, 0.2) is 0 Å². The fourth-order valence-corrected chi connectivity index (χ4v) is 6.13. The largest absolute Gasteiger partial charge is 0.495 e. The summed E-state index contributed by atoms with van der Waals surface area (Å²) in [7, 11) is 1.61. The Morgan fingerprint density at radius 3 is 2.70 bits per heavy atom. The molecule has 2 N–H and O–H groups in total. The predicted molar refractivity (Wildman–Crippen MR) is 135 cm³/mol. The third-order valence-electron chi connectivity index (χ3n) is 6.56. The summed E-state index contributed by atoms with van der Waals surface area (Å²) in [5.74, 6) is 0.0367. The summed E-state index contributed by atoms with van der Waals surface area (Å²) in [6.45, 7) is 0.623. The SMILES string of the molecule is COc1ccc(CNc2cc(C3CCC(C(=O)O)CC3)nc3sc4ccccc4c23)cc1Cl. The lowest BCUT2D eigenvalue weighted by atomic mass is 9.80. The van der Waals surface area contributed by atoms with Gasteiger partial charge in [0, 0.05) is 39.3 Å². The summed E-state index contributed by atoms with van der Waals surface area (Å²) in [5.41, 5.74) is 3.17. The van der Waals surface area contributed by atoms with Crippen molar-refractivity contribution in [2.75, 3.05) is 12.4 Å². The van der Waals surface area contributed by atoms with Crippen LogP contribution in [0, 0.1) is 5.92 Å². The van der Waals surface area contributed by atoms with Crippen LogP contribution in [0.25, 0.3) is 20.3 Å². The van der Waals surface area contributed by atoms with Crippen LogP contribution in [-0.4, -0.2) is 23.2 Å². The van der Waals surface area contributed by atoms with Crippen molar-refractivity contribution in [1.82, 2.24) is 4.98 Å². The summed E-state index contributed by atoms with van der Waals surface area (Å²) < 4.78 is 6.48. The number of thiophene rings is 1. The highest BCUT2D eigenvalue weighted by Gasteiger charge is 2.28. The number of nitrogens with one attached hydrogen (secondary N) is 1. The maximum absolute atomic E-state index is 11.4. The topological polar surface area (TPSA) is 71.5 Å². The molecule has 2 aromatic heterocycles. The number of aromatic nitrogens is 1. The highest BCUT2D eigenvalue weighted by atomic mass is 35.5. The zero-order valence-corrected chi connectivity index (χ0v) is 19.9. The highest BCUT2D eigenvalue weighted by Crippen LogP contribution is 2.42. The second-order valence-electron chi connectivity index (χ2n) is 8.58. The second kappa shape index (κ2) is 9.20. The Balaban J connectivity index is 1.50. The number of nitrogens with zero attached hydrogens (tertiary/aromatic N) is 1. The first-order valence-electron chi connectivity index (χ1n) is 11.1. The molecule has 0 radical (unpaired) electrons. The Kier molecular flexibility index (Phi) is 6.13. The summed E-state index contributed by atoms with van der Waals surface area (Å²) in [4.78, 5) is 17.4. The maximum atomic E-state index is 11.4. The Morgan fingerprint density at radius 2 is 1.97 bits per heavy atom. The quantitative estimate of drug-likeness (QED) is 0.308. The summed E-state index contributed by atoms with van der Waals surface area (Å²) in [6, 6.07) is 16.4. The molecule has 0 atom stereocenters. The molecule has 0 saturated heterocycles. The van der Waals surface area contributed by atoms with Gasteiger partial charge in [0.25, 0.3) is 0 Å². The van der Waals surface area contributed by atoms with Gasteiger partial charge in [0.2, 0.25) is 0 Å². The molecule has 2 aromatic carbocycles. The fraction of sp³-hybridized carbons (Fsp3) is 0.308. The van der Waals surface area contributed by atoms with Gasteiger partial charge in [-0.15, -0.1) is 11.3 Å². The van der Waals surface area contributed by atoms with E-state index in [4.69, 9.17) is 21.3 Å². The zero-order valence-electron chi connectivity index (χ0n) is 18.3. The van der Waals surface area contributed by atoms with E-state index in [-0.39, 0.29) is 11.8 Å². The number of carboxylic acids is 1. The summed E-state index contributed by atoms with van der Waals surface area (Å²) in [5, 5.41) is 15.9. The van der Waals surface area contributed by atoms with Gasteiger partial charge in [-0.25, -0.2) is 4.98 Å². The second-order valence-corrected chi connectivity index (χ2v) is 10.0. The maximum Gasteiger partial charge on any atom is 0.306 e. The molecular weight excluding hydrogens is 456 g/mol. The van der Waals surface area contributed by atoms with Gasteiger partial charge < -0.3 is 15.2 Å². The molecule has 1 aliphatic carbocycles. The number of carboxylic acid groups (broad SMARTS) is 1. The molecule has 1 fully saturated rings. The zero-order chi connectivity index (χ0) is 22.9. The van der Waals surface area contributed by atoms with Crippen LogP contribution in [0.3, 0.4) is 0 Å². The number of methoxy groups -OCH3 is 1. The molecule has 0 amide bonds. The lowest BCUT2D eigenvalue weighted by Crippen LogP contribution is -2.21. The number of halogens is 1. The molecule has 170 valence electrons. The number of ether oxygens (including phenoxy) is 1. The van der Waals surface area contributed by atoms with E-state index in [0.29, 0.717) is 30.2 Å². The number of carbonyl (C=O) groups is 1. The first kappa shape index (κ1) is 22.0. The lowest BCUT2D eigenvalue weighted by Gasteiger charge is -2.26. The molecule has 1 aliphatic rings. The average molecular weight is 481 g/mol. The van der Waals surface area contributed by atoms with E-state index < -0.39 is 5.97 Å². The van der Waals surface area contributed by atoms with Crippen LogP contribution in [-0.2, 0) is 11.3 Å². The molecule has 5 rings (SSSR count). The van der Waals surface area contributed by atoms with E-state index in [2.05, 4.69) is 35.6 Å². The molecular formula is C26H25ClN2O3S. The predicted octanol–water partition coefficient (Wildman–Crippen LogP) is 7.08. The molecule has 2 heterocycles. The molecule has 1 saturated carbocycles. The first-order valence-corrected chi connectivity index (χ1v) is 12.3. The van der Waals surface area contributed by atoms with E-state index in [1.807, 2.05) is 18.2 Å². The van der Waals surface area contributed by atoms with Crippen LogP contribution in [0.4, 0.5) is 5.69 Å². The molecule has 0 aliphatic heterocycles. The highest BCUT2D eigenvalue weighted by molar-refractivity contribution is 7.25. The first-order chi connectivity index (χ1) is 16.0. The van der Waals surface area contributed by atoms with E-state index in [9.17, 15) is 9.90 Å². The van der Waals surface area contributed by atoms with E-state index in [1.165, 1.54) is 10.1 Å². The van der Waals surface area contributed by atoms with Gasteiger partial charge in [-0.05, 0) is 55.5 Å². The van der Waals surface area contributed by atoms with E-state index >= 15 is 0 Å². The smallest absolute Gasteiger partial charge is 0.306 e. The number of anilines is 1. The van der Waals surface area contributed by atoms with Crippen molar-refractivity contribution in [3.8, 4) is 5.75 Å². The van der Waals surface area contributed by atoms with Crippen molar-refractivity contribution in [3.63, 3.8) is 0 Å². The van der Waals surface area contributed by atoms with Crippen LogP contribution in [0.2, 0.25) is 5.02 Å². The van der Waals surface area contributed by atoms with Gasteiger partial charge in [-0.2, -0.15) is 0 Å². The molecule has 33 heavy (non-hydrogen) atoms. The number of aliphatic carboxylic acids is 1. The minimum absolute atomic E-state index is 0.230. The van der Waals surface area contributed by atoms with Gasteiger partial charge in [-0.3, -0.25) is 4.79 Å². The van der Waals surface area contributed by atoms with Crippen molar-refractivity contribution >= 4 is 54.9 Å². The Morgan fingerprint density at radius 1 is 1.18 bits per heavy atom. The molecule has 0 bridgehead atoms. The summed E-state index contributed by atoms with van der Waals surface area (Å²) >= 11 is 8.03. The van der Waals surface area contributed by atoms with Gasteiger partial charge in [-0.1, -0.05) is 35.9 Å². The molecule has 0 spiro atoms. The van der Waals surface area contributed by atoms with Crippen LogP contribution in [0.15, 0.2) is 48.5 Å². The third kappa shape index (κ3) is 4.37. The normalized spacial score (nSPS) is 18.5. The Bertz CT molecular complexity index is 1330. The number of rotatable bonds is 6. The van der Waals surface area contributed by atoms with Crippen molar-refractivity contribution in [2.24, 2.45) is 5.92 Å². The van der Waals surface area contributed by atoms with Crippen molar-refractivity contribution in [1.29, 1.82) is 0 Å². The Labute approximate surface area is 201 Å². The molecule has 7 heteroatoms. The van der Waals surface area contributed by atoms with Gasteiger partial charge in [0.05, 0.1) is 18.1 Å². The molecule has 5 nitrogen and oxygen atoms in total. The van der Waals surface area contributed by atoms with Gasteiger partial charge >= 0.3 is 5.97 Å². The van der Waals surface area contributed by atoms with E-state index in [1.54, 1.807) is 18.4 Å². The van der Waals surface area contributed by atoms with Gasteiger partial charge in [0.1, 0.15) is 10.6 Å². The number of hydrogen-bond donors (Lipinski definition) is 2. The monoisotopic (exact) mass is 480 g/mol. The minimum Gasteiger partial charge on any atom is -0.495 e. The molecule has 0 unspecified atom stereocenters. The number of hydrogen-bond acceptors (Lipinski definition) is 5. The third-order valence-corrected chi connectivity index (χ3v) is 7.92. The van der Waals surface area contributed by atoms with Crippen molar-refractivity contribution in [2.45, 2.75) is 38.1 Å². The number of benzene rings is 2.